The number of fused-ring (bicyclic) bond motifs is 1. The van der Waals surface area contributed by atoms with Crippen molar-refractivity contribution in [3.8, 4) is 11.3 Å². The van der Waals surface area contributed by atoms with Crippen LogP contribution in [-0.4, -0.2) is 46.4 Å². The van der Waals surface area contributed by atoms with Crippen LogP contribution < -0.4 is 10.6 Å². The van der Waals surface area contributed by atoms with Gasteiger partial charge < -0.3 is 15.5 Å². The van der Waals surface area contributed by atoms with E-state index in [0.717, 1.165) is 16.3 Å². The van der Waals surface area contributed by atoms with E-state index in [4.69, 9.17) is 4.98 Å². The lowest BCUT2D eigenvalue weighted by molar-refractivity contribution is -0.148. The van der Waals surface area contributed by atoms with Gasteiger partial charge in [0.2, 0.25) is 11.8 Å². The summed E-state index contributed by atoms with van der Waals surface area (Å²) in [7, 11) is 0. The molecule has 1 aromatic carbocycles. The van der Waals surface area contributed by atoms with Crippen LogP contribution in [0.1, 0.15) is 25.3 Å². The van der Waals surface area contributed by atoms with Gasteiger partial charge in [0.25, 0.3) is 0 Å². The van der Waals surface area contributed by atoms with Crippen molar-refractivity contribution in [1.82, 2.24) is 20.5 Å². The average molecular weight is 385 g/mol. The van der Waals surface area contributed by atoms with Crippen molar-refractivity contribution in [2.24, 2.45) is 5.92 Å². The minimum absolute atomic E-state index is 0.0294. The minimum atomic E-state index is -0.403. The highest BCUT2D eigenvalue weighted by molar-refractivity contribution is 7.09. The summed E-state index contributed by atoms with van der Waals surface area (Å²) in [6, 6.07) is 9.48. The van der Waals surface area contributed by atoms with Gasteiger partial charge in [-0.05, 0) is 12.3 Å². The fourth-order valence-electron chi connectivity index (χ4n) is 3.78. The SMILES string of the molecule is CC(C)[C@@H]1NC(=O)[C@@H]2C[C@H](NCc3nc(-c4ccccc4)cs3)CN2C1=O. The topological polar surface area (TPSA) is 74.3 Å². The first kappa shape index (κ1) is 18.1. The predicted octanol–water partition coefficient (Wildman–Crippen LogP) is 2.02. The van der Waals surface area contributed by atoms with Gasteiger partial charge in [-0.25, -0.2) is 4.98 Å². The van der Waals surface area contributed by atoms with Crippen molar-refractivity contribution in [3.05, 3.63) is 40.7 Å². The van der Waals surface area contributed by atoms with Gasteiger partial charge in [-0.3, -0.25) is 9.59 Å². The number of hydrogen-bond donors (Lipinski definition) is 2. The molecule has 2 aliphatic heterocycles. The fraction of sp³-hybridized carbons (Fsp3) is 0.450. The van der Waals surface area contributed by atoms with Crippen LogP contribution in [0.15, 0.2) is 35.7 Å². The highest BCUT2D eigenvalue weighted by Gasteiger charge is 2.46. The zero-order valence-electron chi connectivity index (χ0n) is 15.5. The molecular formula is C20H24N4O2S. The second-order valence-corrected chi connectivity index (χ2v) is 8.49. The molecule has 3 heterocycles. The van der Waals surface area contributed by atoms with Crippen molar-refractivity contribution in [1.29, 1.82) is 0 Å². The van der Waals surface area contributed by atoms with Gasteiger partial charge in [0, 0.05) is 30.1 Å². The number of nitrogens with zero attached hydrogens (tertiary/aromatic N) is 2. The minimum Gasteiger partial charge on any atom is -0.342 e. The Balaban J connectivity index is 1.37. The summed E-state index contributed by atoms with van der Waals surface area (Å²) in [6.07, 6.45) is 0.652. The first-order chi connectivity index (χ1) is 13.0. The zero-order chi connectivity index (χ0) is 19.0. The standard InChI is InChI=1S/C20H24N4O2S/c1-12(2)18-20(26)24-10-14(8-16(24)19(25)23-18)21-9-17-22-15(11-27-17)13-6-4-3-5-7-13/h3-7,11-12,14,16,18,21H,8-10H2,1-2H3,(H,23,25)/t14-,16-,18-/m0/s1. The lowest BCUT2D eigenvalue weighted by atomic mass is 9.98. The first-order valence-electron chi connectivity index (χ1n) is 9.37. The molecule has 2 aliphatic rings. The smallest absolute Gasteiger partial charge is 0.246 e. The molecule has 0 bridgehead atoms. The number of amides is 2. The highest BCUT2D eigenvalue weighted by atomic mass is 32.1. The molecule has 2 aromatic rings. The molecule has 2 saturated heterocycles. The molecule has 142 valence electrons. The molecule has 1 aromatic heterocycles. The van der Waals surface area contributed by atoms with Crippen LogP contribution in [0.5, 0.6) is 0 Å². The van der Waals surface area contributed by atoms with E-state index in [1.807, 2.05) is 32.0 Å². The average Bonchev–Trinajstić information content (AvgIpc) is 3.31. The number of benzene rings is 1. The molecule has 27 heavy (non-hydrogen) atoms. The van der Waals surface area contributed by atoms with Gasteiger partial charge in [-0.1, -0.05) is 44.2 Å². The predicted molar refractivity (Wildman–Crippen MR) is 105 cm³/mol. The summed E-state index contributed by atoms with van der Waals surface area (Å²) in [5.41, 5.74) is 2.09. The molecule has 0 spiro atoms. The molecule has 0 saturated carbocycles. The van der Waals surface area contributed by atoms with Crippen LogP contribution in [0.25, 0.3) is 11.3 Å². The lowest BCUT2D eigenvalue weighted by Crippen LogP contribution is -2.62. The molecule has 2 amide bonds. The second-order valence-electron chi connectivity index (χ2n) is 7.54. The van der Waals surface area contributed by atoms with Crippen molar-refractivity contribution < 1.29 is 9.59 Å². The quantitative estimate of drug-likeness (QED) is 0.827. The van der Waals surface area contributed by atoms with Gasteiger partial charge in [0.15, 0.2) is 0 Å². The summed E-state index contributed by atoms with van der Waals surface area (Å²) < 4.78 is 0. The van der Waals surface area contributed by atoms with Gasteiger partial charge in [0.05, 0.1) is 5.69 Å². The summed E-state index contributed by atoms with van der Waals surface area (Å²) in [5.74, 6) is 0.110. The van der Waals surface area contributed by atoms with Crippen LogP contribution in [0, 0.1) is 5.92 Å². The molecule has 6 nitrogen and oxygen atoms in total. The zero-order valence-corrected chi connectivity index (χ0v) is 16.3. The fourth-order valence-corrected chi connectivity index (χ4v) is 4.54. The number of hydrogen-bond acceptors (Lipinski definition) is 5. The Hall–Kier alpha value is -2.25. The third-order valence-electron chi connectivity index (χ3n) is 5.28. The van der Waals surface area contributed by atoms with E-state index in [0.29, 0.717) is 19.5 Å². The van der Waals surface area contributed by atoms with E-state index in [-0.39, 0.29) is 29.8 Å². The molecule has 4 rings (SSSR count). The molecule has 7 heteroatoms. The number of carbonyl (C=O) groups is 2. The van der Waals surface area contributed by atoms with E-state index in [2.05, 4.69) is 28.1 Å². The molecule has 0 aliphatic carbocycles. The van der Waals surface area contributed by atoms with E-state index in [1.165, 1.54) is 0 Å². The van der Waals surface area contributed by atoms with Crippen LogP contribution >= 0.6 is 11.3 Å². The molecule has 2 N–H and O–H groups in total. The van der Waals surface area contributed by atoms with Crippen LogP contribution in [0.2, 0.25) is 0 Å². The van der Waals surface area contributed by atoms with Gasteiger partial charge in [-0.2, -0.15) is 0 Å². The Labute approximate surface area is 163 Å². The summed E-state index contributed by atoms with van der Waals surface area (Å²) in [5, 5.41) is 9.44. The molecule has 0 unspecified atom stereocenters. The van der Waals surface area contributed by atoms with Gasteiger partial charge >= 0.3 is 0 Å². The number of rotatable bonds is 5. The van der Waals surface area contributed by atoms with Crippen LogP contribution in [0.4, 0.5) is 0 Å². The van der Waals surface area contributed by atoms with Crippen molar-refractivity contribution >= 4 is 23.2 Å². The third kappa shape index (κ3) is 3.61. The Bertz CT molecular complexity index is 836. The number of carbonyl (C=O) groups excluding carboxylic acids is 2. The Morgan fingerprint density at radius 3 is 2.81 bits per heavy atom. The molecule has 0 radical (unpaired) electrons. The van der Waals surface area contributed by atoms with E-state index >= 15 is 0 Å². The van der Waals surface area contributed by atoms with Gasteiger partial charge in [0.1, 0.15) is 17.1 Å². The molecule has 2 fully saturated rings. The number of thiazole rings is 1. The largest absolute Gasteiger partial charge is 0.342 e. The maximum atomic E-state index is 12.6. The number of aromatic nitrogens is 1. The maximum absolute atomic E-state index is 12.6. The lowest BCUT2D eigenvalue weighted by Gasteiger charge is -2.36. The van der Waals surface area contributed by atoms with E-state index in [1.54, 1.807) is 16.2 Å². The van der Waals surface area contributed by atoms with E-state index in [9.17, 15) is 9.59 Å². The monoisotopic (exact) mass is 384 g/mol. The van der Waals surface area contributed by atoms with Crippen molar-refractivity contribution in [2.75, 3.05) is 6.54 Å². The summed E-state index contributed by atoms with van der Waals surface area (Å²) >= 11 is 1.63. The van der Waals surface area contributed by atoms with E-state index < -0.39 is 6.04 Å². The Kier molecular flexibility index (Phi) is 4.97. The third-order valence-corrected chi connectivity index (χ3v) is 6.13. The highest BCUT2D eigenvalue weighted by Crippen LogP contribution is 2.26. The van der Waals surface area contributed by atoms with Gasteiger partial charge in [-0.15, -0.1) is 11.3 Å². The number of piperazine rings is 1. The molecule has 3 atom stereocenters. The van der Waals surface area contributed by atoms with Crippen LogP contribution in [0.3, 0.4) is 0 Å². The summed E-state index contributed by atoms with van der Waals surface area (Å²) in [4.78, 5) is 31.5. The Morgan fingerprint density at radius 1 is 1.30 bits per heavy atom. The summed E-state index contributed by atoms with van der Waals surface area (Å²) in [6.45, 7) is 5.15. The van der Waals surface area contributed by atoms with Crippen molar-refractivity contribution in [3.63, 3.8) is 0 Å². The first-order valence-corrected chi connectivity index (χ1v) is 10.2. The second kappa shape index (κ2) is 7.40. The van der Waals surface area contributed by atoms with Crippen LogP contribution in [-0.2, 0) is 16.1 Å². The van der Waals surface area contributed by atoms with Crippen molar-refractivity contribution in [2.45, 2.75) is 44.9 Å². The normalized spacial score (nSPS) is 25.0. The maximum Gasteiger partial charge on any atom is 0.246 e. The Morgan fingerprint density at radius 2 is 2.07 bits per heavy atom. The molecular weight excluding hydrogens is 360 g/mol. The number of nitrogens with one attached hydrogen (secondary N) is 2.